The zero-order chi connectivity index (χ0) is 19.1. The Hall–Kier alpha value is -2.00. The van der Waals surface area contributed by atoms with E-state index in [1.54, 1.807) is 6.07 Å². The Bertz CT molecular complexity index is 787. The van der Waals surface area contributed by atoms with Crippen molar-refractivity contribution in [2.24, 2.45) is 16.7 Å². The maximum Gasteiger partial charge on any atom is 0.326 e. The number of hydrogen-bond donors (Lipinski definition) is 1. The fourth-order valence-corrected chi connectivity index (χ4v) is 4.65. The van der Waals surface area contributed by atoms with Gasteiger partial charge in [-0.3, -0.25) is 4.90 Å². The highest BCUT2D eigenvalue weighted by molar-refractivity contribution is 6.33. The standard InChI is InChI=1S/C22H27ClN2O/c1-15(19-21(2,3)22(19,4)5)25(16-11-7-6-8-12-16)20(26)24-18-14-10-9-13-17(18)23/h6-15,19H,1-5H3,(H,24,26). The average molecular weight is 371 g/mol. The molecule has 0 aromatic heterocycles. The lowest BCUT2D eigenvalue weighted by atomic mass is 10.0. The fraction of sp³-hybridized carbons (Fsp3) is 0.409. The van der Waals surface area contributed by atoms with Gasteiger partial charge in [0.1, 0.15) is 0 Å². The van der Waals surface area contributed by atoms with Crippen LogP contribution in [0.1, 0.15) is 34.6 Å². The van der Waals surface area contributed by atoms with Crippen molar-refractivity contribution in [2.45, 2.75) is 40.7 Å². The van der Waals surface area contributed by atoms with Gasteiger partial charge in [0.05, 0.1) is 10.7 Å². The summed E-state index contributed by atoms with van der Waals surface area (Å²) in [6.45, 7) is 11.3. The van der Waals surface area contributed by atoms with E-state index in [-0.39, 0.29) is 22.9 Å². The summed E-state index contributed by atoms with van der Waals surface area (Å²) in [5.41, 5.74) is 1.89. The van der Waals surface area contributed by atoms with Gasteiger partial charge in [-0.15, -0.1) is 0 Å². The van der Waals surface area contributed by atoms with E-state index >= 15 is 0 Å². The first kappa shape index (κ1) is 18.8. The number of carbonyl (C=O) groups excluding carboxylic acids is 1. The molecule has 0 saturated heterocycles. The van der Waals surface area contributed by atoms with E-state index in [0.717, 1.165) is 5.69 Å². The minimum absolute atomic E-state index is 0.0601. The first-order valence-electron chi connectivity index (χ1n) is 9.07. The van der Waals surface area contributed by atoms with Gasteiger partial charge in [0.2, 0.25) is 0 Å². The molecule has 2 amide bonds. The van der Waals surface area contributed by atoms with Crippen LogP contribution >= 0.6 is 11.6 Å². The summed E-state index contributed by atoms with van der Waals surface area (Å²) < 4.78 is 0. The molecule has 0 bridgehead atoms. The molecule has 2 aromatic rings. The molecule has 4 heteroatoms. The highest BCUT2D eigenvalue weighted by atomic mass is 35.5. The van der Waals surface area contributed by atoms with E-state index in [4.69, 9.17) is 11.6 Å². The second-order valence-electron chi connectivity index (χ2n) is 8.28. The van der Waals surface area contributed by atoms with Crippen molar-refractivity contribution in [3.8, 4) is 0 Å². The Morgan fingerprint density at radius 3 is 2.08 bits per heavy atom. The zero-order valence-electron chi connectivity index (χ0n) is 16.1. The SMILES string of the molecule is CC(C1C(C)(C)C1(C)C)N(C(=O)Nc1ccccc1Cl)c1ccccc1. The van der Waals surface area contributed by atoms with Crippen molar-refractivity contribution in [1.29, 1.82) is 0 Å². The first-order valence-corrected chi connectivity index (χ1v) is 9.45. The van der Waals surface area contributed by atoms with Gasteiger partial charge in [-0.25, -0.2) is 4.79 Å². The molecule has 1 atom stereocenters. The normalized spacial score (nSPS) is 18.8. The van der Waals surface area contributed by atoms with E-state index in [0.29, 0.717) is 16.6 Å². The summed E-state index contributed by atoms with van der Waals surface area (Å²) in [6, 6.07) is 17.1. The van der Waals surface area contributed by atoms with E-state index in [2.05, 4.69) is 39.9 Å². The molecule has 3 nitrogen and oxygen atoms in total. The third kappa shape index (κ3) is 3.09. The second kappa shape index (κ2) is 6.62. The van der Waals surface area contributed by atoms with Gasteiger partial charge < -0.3 is 5.32 Å². The monoisotopic (exact) mass is 370 g/mol. The van der Waals surface area contributed by atoms with Crippen LogP contribution in [0.3, 0.4) is 0 Å². The molecule has 0 radical (unpaired) electrons. The van der Waals surface area contributed by atoms with Crippen LogP contribution in [0, 0.1) is 16.7 Å². The van der Waals surface area contributed by atoms with Crippen LogP contribution in [0.15, 0.2) is 54.6 Å². The molecule has 1 unspecified atom stereocenters. The third-order valence-electron chi connectivity index (χ3n) is 6.39. The van der Waals surface area contributed by atoms with E-state index in [1.165, 1.54) is 0 Å². The van der Waals surface area contributed by atoms with Crippen molar-refractivity contribution in [1.82, 2.24) is 0 Å². The lowest BCUT2D eigenvalue weighted by Crippen LogP contribution is -2.44. The van der Waals surface area contributed by atoms with Crippen LogP contribution in [0.25, 0.3) is 0 Å². The van der Waals surface area contributed by atoms with Crippen LogP contribution in [-0.2, 0) is 0 Å². The molecule has 138 valence electrons. The number of anilines is 2. The number of nitrogens with zero attached hydrogens (tertiary/aromatic N) is 1. The van der Waals surface area contributed by atoms with E-state index in [9.17, 15) is 4.79 Å². The number of halogens is 1. The molecule has 1 aliphatic carbocycles. The first-order chi connectivity index (χ1) is 12.2. The molecule has 0 aliphatic heterocycles. The van der Waals surface area contributed by atoms with Crippen molar-refractivity contribution in [3.63, 3.8) is 0 Å². The Labute approximate surface area is 161 Å². The van der Waals surface area contributed by atoms with Gasteiger partial charge in [0.25, 0.3) is 0 Å². The van der Waals surface area contributed by atoms with Crippen molar-refractivity contribution in [2.75, 3.05) is 10.2 Å². The van der Waals surface area contributed by atoms with Gasteiger partial charge in [0, 0.05) is 11.7 Å². The molecular formula is C22H27ClN2O. The molecule has 3 rings (SSSR count). The van der Waals surface area contributed by atoms with Gasteiger partial charge >= 0.3 is 6.03 Å². The molecule has 0 spiro atoms. The van der Waals surface area contributed by atoms with Crippen LogP contribution in [0.5, 0.6) is 0 Å². The maximum absolute atomic E-state index is 13.2. The van der Waals surface area contributed by atoms with Crippen molar-refractivity contribution >= 4 is 29.0 Å². The predicted molar refractivity (Wildman–Crippen MR) is 110 cm³/mol. The largest absolute Gasteiger partial charge is 0.326 e. The number of para-hydroxylation sites is 2. The Balaban J connectivity index is 1.92. The van der Waals surface area contributed by atoms with Crippen molar-refractivity contribution in [3.05, 3.63) is 59.6 Å². The van der Waals surface area contributed by atoms with Crippen LogP contribution in [0.2, 0.25) is 5.02 Å². The highest BCUT2D eigenvalue weighted by Crippen LogP contribution is 2.70. The van der Waals surface area contributed by atoms with Gasteiger partial charge in [0.15, 0.2) is 0 Å². The van der Waals surface area contributed by atoms with Crippen LogP contribution in [0.4, 0.5) is 16.2 Å². The Kier molecular flexibility index (Phi) is 4.78. The minimum atomic E-state index is -0.157. The summed E-state index contributed by atoms with van der Waals surface area (Å²) in [5, 5.41) is 3.52. The maximum atomic E-state index is 13.2. The number of rotatable bonds is 4. The van der Waals surface area contributed by atoms with Crippen molar-refractivity contribution < 1.29 is 4.79 Å². The van der Waals surface area contributed by atoms with Gasteiger partial charge in [-0.1, -0.05) is 69.6 Å². The smallest absolute Gasteiger partial charge is 0.306 e. The summed E-state index contributed by atoms with van der Waals surface area (Å²) >= 11 is 6.23. The minimum Gasteiger partial charge on any atom is -0.306 e. The highest BCUT2D eigenvalue weighted by Gasteiger charge is 2.67. The van der Waals surface area contributed by atoms with Gasteiger partial charge in [-0.2, -0.15) is 0 Å². The molecule has 1 aliphatic rings. The summed E-state index contributed by atoms with van der Waals surface area (Å²) in [5.74, 6) is 0.409. The Morgan fingerprint density at radius 1 is 1.00 bits per heavy atom. The zero-order valence-corrected chi connectivity index (χ0v) is 16.8. The Morgan fingerprint density at radius 2 is 1.54 bits per heavy atom. The number of urea groups is 1. The number of nitrogens with one attached hydrogen (secondary N) is 1. The topological polar surface area (TPSA) is 32.3 Å². The summed E-state index contributed by atoms with van der Waals surface area (Å²) in [6.07, 6.45) is 0. The lowest BCUT2D eigenvalue weighted by molar-refractivity contribution is 0.253. The lowest BCUT2D eigenvalue weighted by Gasteiger charge is -2.31. The van der Waals surface area contributed by atoms with E-state index < -0.39 is 0 Å². The molecule has 1 fully saturated rings. The van der Waals surface area contributed by atoms with Crippen LogP contribution in [-0.4, -0.2) is 12.1 Å². The summed E-state index contributed by atoms with van der Waals surface area (Å²) in [4.78, 5) is 15.1. The second-order valence-corrected chi connectivity index (χ2v) is 8.68. The quantitative estimate of drug-likeness (QED) is 0.658. The number of benzene rings is 2. The van der Waals surface area contributed by atoms with Crippen LogP contribution < -0.4 is 10.2 Å². The summed E-state index contributed by atoms with van der Waals surface area (Å²) in [7, 11) is 0. The number of amides is 2. The third-order valence-corrected chi connectivity index (χ3v) is 6.72. The molecule has 2 aromatic carbocycles. The van der Waals surface area contributed by atoms with Gasteiger partial charge in [-0.05, 0) is 47.9 Å². The number of hydrogen-bond acceptors (Lipinski definition) is 1. The molecule has 1 N–H and O–H groups in total. The average Bonchev–Trinajstić information content (AvgIpc) is 3.00. The fourth-order valence-electron chi connectivity index (χ4n) is 4.47. The molecule has 26 heavy (non-hydrogen) atoms. The molecule has 1 saturated carbocycles. The predicted octanol–water partition coefficient (Wildman–Crippen LogP) is 6.45. The molecular weight excluding hydrogens is 344 g/mol. The number of carbonyl (C=O) groups is 1. The molecule has 0 heterocycles. The van der Waals surface area contributed by atoms with E-state index in [1.807, 2.05) is 53.4 Å².